The molecule has 93 heavy (non-hydrogen) atoms. The van der Waals surface area contributed by atoms with Crippen LogP contribution in [-0.4, -0.2) is 25.0 Å². The van der Waals surface area contributed by atoms with E-state index in [0.29, 0.717) is 5.92 Å². The zero-order chi connectivity index (χ0) is 62.3. The minimum Gasteiger partial charge on any atom is -0.458 e. The van der Waals surface area contributed by atoms with Gasteiger partial charge in [-0.15, -0.1) is 0 Å². The van der Waals surface area contributed by atoms with Gasteiger partial charge in [-0.25, -0.2) is 0 Å². The van der Waals surface area contributed by atoms with Gasteiger partial charge in [0.05, 0.1) is 44.1 Å². The first kappa shape index (κ1) is 54.8. The van der Waals surface area contributed by atoms with Gasteiger partial charge in [-0.05, 0) is 189 Å². The van der Waals surface area contributed by atoms with Crippen LogP contribution in [0.5, 0.6) is 11.5 Å². The molecule has 1 aliphatic rings. The summed E-state index contributed by atoms with van der Waals surface area (Å²) in [4.78, 5) is 0. The van der Waals surface area contributed by atoms with Crippen LogP contribution >= 0.6 is 0 Å². The summed E-state index contributed by atoms with van der Waals surface area (Å²) in [5.74, 6) is 2.70. The van der Waals surface area contributed by atoms with Gasteiger partial charge in [-0.3, -0.25) is 0 Å². The minimum atomic E-state index is -0.143. The molecule has 5 nitrogen and oxygen atoms in total. The number of fused-ring (bicyclic) bond motifs is 14. The second-order valence-corrected chi connectivity index (χ2v) is 26.6. The maximum Gasteiger partial charge on any atom is 0.251 e. The molecule has 0 saturated heterocycles. The Morgan fingerprint density at radius 2 is 0.548 bits per heavy atom. The number of hydrogen-bond acceptors (Lipinski definition) is 1. The van der Waals surface area contributed by atoms with Gasteiger partial charge in [0.25, 0.3) is 6.71 Å². The first-order chi connectivity index (χ1) is 45.6. The van der Waals surface area contributed by atoms with Crippen molar-refractivity contribution in [3.63, 3.8) is 0 Å². The lowest BCUT2D eigenvalue weighted by Crippen LogP contribution is -2.57. The lowest BCUT2D eigenvalue weighted by Gasteiger charge is -2.33. The summed E-state index contributed by atoms with van der Waals surface area (Å²) < 4.78 is 17.0. The molecule has 18 rings (SSSR count). The molecule has 0 amide bonds. The van der Waals surface area contributed by atoms with E-state index in [1.807, 2.05) is 0 Å². The molecule has 0 spiro atoms. The van der Waals surface area contributed by atoms with Gasteiger partial charge in [0.2, 0.25) is 0 Å². The molecule has 444 valence electrons. The number of benzene rings is 13. The maximum atomic E-state index is 7.24. The molecule has 0 aliphatic carbocycles. The molecule has 0 radical (unpaired) electrons. The predicted molar refractivity (Wildman–Crippen MR) is 395 cm³/mol. The van der Waals surface area contributed by atoms with Crippen LogP contribution in [0.1, 0.15) is 76.0 Å². The van der Waals surface area contributed by atoms with Crippen molar-refractivity contribution in [2.75, 3.05) is 0 Å². The third-order valence-corrected chi connectivity index (χ3v) is 20.2. The quantitative estimate of drug-likeness (QED) is 0.125. The molecule has 5 heterocycles. The number of nitrogens with zero attached hydrogens (tertiary/aromatic N) is 4. The van der Waals surface area contributed by atoms with Crippen molar-refractivity contribution >= 4 is 110 Å². The van der Waals surface area contributed by atoms with Gasteiger partial charge in [-0.2, -0.15) is 0 Å². The molecule has 6 heteroatoms. The van der Waals surface area contributed by atoms with E-state index < -0.39 is 0 Å². The van der Waals surface area contributed by atoms with E-state index >= 15 is 0 Å². The summed E-state index contributed by atoms with van der Waals surface area (Å²) in [7, 11) is 0. The van der Waals surface area contributed by atoms with Crippen molar-refractivity contribution in [2.45, 2.75) is 59.3 Å². The van der Waals surface area contributed by atoms with Crippen LogP contribution in [0.4, 0.5) is 0 Å². The van der Waals surface area contributed by atoms with Crippen LogP contribution in [0.2, 0.25) is 0 Å². The molecule has 0 N–H and O–H groups in total. The molecule has 1 aliphatic heterocycles. The predicted octanol–water partition coefficient (Wildman–Crippen LogP) is 21.4. The van der Waals surface area contributed by atoms with E-state index in [2.05, 4.69) is 339 Å². The molecule has 0 unspecified atom stereocenters. The summed E-state index contributed by atoms with van der Waals surface area (Å²) >= 11 is 0. The summed E-state index contributed by atoms with van der Waals surface area (Å²) in [6, 6.07) is 104. The highest BCUT2D eigenvalue weighted by atomic mass is 16.5. The Bertz CT molecular complexity index is 5430. The van der Waals surface area contributed by atoms with Gasteiger partial charge < -0.3 is 23.0 Å². The van der Waals surface area contributed by atoms with Crippen molar-refractivity contribution in [2.24, 2.45) is 0 Å². The van der Waals surface area contributed by atoms with Crippen LogP contribution in [0.3, 0.4) is 0 Å². The van der Waals surface area contributed by atoms with Crippen molar-refractivity contribution < 1.29 is 4.74 Å². The van der Waals surface area contributed by atoms with Crippen molar-refractivity contribution in [3.05, 3.63) is 296 Å². The third-order valence-electron chi connectivity index (χ3n) is 20.2. The van der Waals surface area contributed by atoms with Gasteiger partial charge in [0.1, 0.15) is 11.5 Å². The topological polar surface area (TPSA) is 28.9 Å². The average molecular weight is 1200 g/mol. The number of hydrogen-bond donors (Lipinski definition) is 0. The highest BCUT2D eigenvalue weighted by Gasteiger charge is 2.38. The third kappa shape index (κ3) is 8.54. The minimum absolute atomic E-state index is 0.143. The Labute approximate surface area is 541 Å². The molecule has 0 saturated carbocycles. The van der Waals surface area contributed by atoms with Gasteiger partial charge in [0, 0.05) is 65.8 Å². The second-order valence-electron chi connectivity index (χ2n) is 26.6. The van der Waals surface area contributed by atoms with E-state index in [1.165, 1.54) is 132 Å². The largest absolute Gasteiger partial charge is 0.458 e. The number of rotatable bonds is 10. The fraction of sp³-hybridized carbons (Fsp3) is 0.103. The molecule has 17 aromatic rings. The Balaban J connectivity index is 0.766. The Morgan fingerprint density at radius 3 is 0.882 bits per heavy atom. The second kappa shape index (κ2) is 21.3. The number of para-hydroxylation sites is 6. The first-order valence-corrected chi connectivity index (χ1v) is 33.0. The zero-order valence-electron chi connectivity index (χ0n) is 53.1. The highest BCUT2D eigenvalue weighted by molar-refractivity contribution is 6.97. The van der Waals surface area contributed by atoms with Crippen molar-refractivity contribution in [1.29, 1.82) is 0 Å². The van der Waals surface area contributed by atoms with E-state index in [9.17, 15) is 0 Å². The first-order valence-electron chi connectivity index (χ1n) is 33.0. The zero-order valence-corrected chi connectivity index (χ0v) is 53.1. The summed E-state index contributed by atoms with van der Waals surface area (Å²) in [5.41, 5.74) is 26.6. The van der Waals surface area contributed by atoms with Gasteiger partial charge >= 0.3 is 0 Å². The van der Waals surface area contributed by atoms with E-state index in [-0.39, 0.29) is 18.5 Å². The molecular formula is C87H67BN4O. The molecule has 0 bridgehead atoms. The number of aromatic nitrogens is 4. The smallest absolute Gasteiger partial charge is 0.251 e. The van der Waals surface area contributed by atoms with Crippen LogP contribution in [-0.2, 0) is 0 Å². The summed E-state index contributed by atoms with van der Waals surface area (Å²) in [6.45, 7) is 14.0. The standard InChI is InChI=1S/C87H67BN4O/c1-53(2)60-49-71(54(3)4)87(72(50-60)55(5)6)88-75-51-63(91-81-29-17-11-23-69(81)73-47-58(35-43-83(73)91)56-31-37-61(38-32-56)89-77-25-13-7-19-65(77)66-20-8-14-26-78(66)89)41-45-85(75)93-86-46-42-64(52-76(86)88)92-82-30-18-12-24-70(82)74-48-59(36-44-84(74)92)57-33-39-62(40-34-57)90-79-27-15-9-21-67(79)68-22-10-16-28-80(68)90/h7-55H,1-6H3. The normalized spacial score (nSPS) is 12.5. The van der Waals surface area contributed by atoms with E-state index in [1.54, 1.807) is 0 Å². The molecule has 0 atom stereocenters. The Morgan fingerprint density at radius 1 is 0.258 bits per heavy atom. The lowest BCUT2D eigenvalue weighted by molar-refractivity contribution is 0.487. The van der Waals surface area contributed by atoms with Gasteiger partial charge in [-0.1, -0.05) is 205 Å². The summed E-state index contributed by atoms with van der Waals surface area (Å²) in [5, 5.41) is 9.94. The average Bonchev–Trinajstić information content (AvgIpc) is 1.76. The molecule has 0 fully saturated rings. The molecule has 13 aromatic carbocycles. The monoisotopic (exact) mass is 1190 g/mol. The molecule has 4 aromatic heterocycles. The van der Waals surface area contributed by atoms with E-state index in [0.717, 1.165) is 45.3 Å². The van der Waals surface area contributed by atoms with E-state index in [4.69, 9.17) is 4.74 Å². The number of ether oxygens (including phenoxy) is 1. The van der Waals surface area contributed by atoms with Crippen LogP contribution in [0, 0.1) is 0 Å². The van der Waals surface area contributed by atoms with Gasteiger partial charge in [0.15, 0.2) is 0 Å². The highest BCUT2D eigenvalue weighted by Crippen LogP contribution is 2.42. The lowest BCUT2D eigenvalue weighted by atomic mass is 9.33. The van der Waals surface area contributed by atoms with Crippen LogP contribution in [0.25, 0.3) is 132 Å². The van der Waals surface area contributed by atoms with Crippen molar-refractivity contribution in [1.82, 2.24) is 18.3 Å². The van der Waals surface area contributed by atoms with Crippen molar-refractivity contribution in [3.8, 4) is 56.5 Å². The fourth-order valence-corrected chi connectivity index (χ4v) is 15.8. The molecular weight excluding hydrogens is 1130 g/mol. The Kier molecular flexibility index (Phi) is 12.5. The fourth-order valence-electron chi connectivity index (χ4n) is 15.8. The van der Waals surface area contributed by atoms with Crippen LogP contribution < -0.4 is 21.1 Å². The maximum absolute atomic E-state index is 7.24. The Hall–Kier alpha value is -11.1. The van der Waals surface area contributed by atoms with Crippen LogP contribution in [0.15, 0.2) is 279 Å². The SMILES string of the molecule is CC(C)c1cc(C(C)C)c(B2c3cc(-n4c5ccccc5c5cc(-c6ccc(-n7c8ccccc8c8ccccc87)cc6)ccc54)ccc3Oc3ccc(-n4c5ccccc5c5cc(-c6ccc(-n7c8ccccc8c8ccccc87)cc6)ccc54)cc32)c(C(C)C)c1. The summed E-state index contributed by atoms with van der Waals surface area (Å²) in [6.07, 6.45) is 0.